The van der Waals surface area contributed by atoms with Gasteiger partial charge >= 0.3 is 0 Å². The molecule has 2 atom stereocenters. The van der Waals surface area contributed by atoms with E-state index in [9.17, 15) is 5.11 Å². The van der Waals surface area contributed by atoms with Gasteiger partial charge in [-0.2, -0.15) is 0 Å². The van der Waals surface area contributed by atoms with Crippen molar-refractivity contribution in [2.75, 3.05) is 20.8 Å². The van der Waals surface area contributed by atoms with Crippen LogP contribution in [-0.2, 0) is 4.74 Å². The standard InChI is InChI=1S/C10H23NO2/c1-8(12)9(7-13-6)11(5)10(2,3)4/h8-9,12H,7H2,1-6H3. The van der Waals surface area contributed by atoms with E-state index in [1.165, 1.54) is 0 Å². The SMILES string of the molecule is COCC(C(C)O)N(C)C(C)(C)C. The molecule has 0 bridgehead atoms. The Morgan fingerprint density at radius 3 is 2.08 bits per heavy atom. The van der Waals surface area contributed by atoms with Crippen molar-refractivity contribution in [1.29, 1.82) is 0 Å². The zero-order valence-corrected chi connectivity index (χ0v) is 9.66. The third kappa shape index (κ3) is 4.07. The van der Waals surface area contributed by atoms with E-state index in [4.69, 9.17) is 4.74 Å². The Balaban J connectivity index is 4.36. The van der Waals surface area contributed by atoms with Crippen LogP contribution in [0, 0.1) is 0 Å². The largest absolute Gasteiger partial charge is 0.392 e. The number of aliphatic hydroxyl groups excluding tert-OH is 1. The maximum Gasteiger partial charge on any atom is 0.0689 e. The van der Waals surface area contributed by atoms with Crippen LogP contribution in [0.3, 0.4) is 0 Å². The summed E-state index contributed by atoms with van der Waals surface area (Å²) < 4.78 is 5.08. The molecule has 13 heavy (non-hydrogen) atoms. The van der Waals surface area contributed by atoms with Crippen LogP contribution in [0.15, 0.2) is 0 Å². The summed E-state index contributed by atoms with van der Waals surface area (Å²) in [6, 6.07) is 0.0602. The molecule has 0 aromatic carbocycles. The second-order valence-corrected chi connectivity index (χ2v) is 4.55. The number of aliphatic hydroxyl groups is 1. The van der Waals surface area contributed by atoms with Gasteiger partial charge in [-0.25, -0.2) is 0 Å². The second kappa shape index (κ2) is 4.94. The van der Waals surface area contributed by atoms with Gasteiger partial charge in [-0.3, -0.25) is 4.90 Å². The summed E-state index contributed by atoms with van der Waals surface area (Å²) in [6.45, 7) is 8.73. The molecule has 80 valence electrons. The molecule has 0 fully saturated rings. The Morgan fingerprint density at radius 1 is 1.38 bits per heavy atom. The van der Waals surface area contributed by atoms with Gasteiger partial charge in [0.05, 0.1) is 18.8 Å². The highest BCUT2D eigenvalue weighted by atomic mass is 16.5. The number of likely N-dealkylation sites (N-methyl/N-ethyl adjacent to an activating group) is 1. The molecule has 0 aromatic rings. The number of nitrogens with zero attached hydrogens (tertiary/aromatic N) is 1. The first-order chi connectivity index (χ1) is 5.80. The first kappa shape index (κ1) is 12.9. The van der Waals surface area contributed by atoms with Crippen molar-refractivity contribution >= 4 is 0 Å². The van der Waals surface area contributed by atoms with Gasteiger partial charge in [0.25, 0.3) is 0 Å². The molecule has 0 rings (SSSR count). The highest BCUT2D eigenvalue weighted by Crippen LogP contribution is 2.16. The van der Waals surface area contributed by atoms with Crippen molar-refractivity contribution in [3.63, 3.8) is 0 Å². The molecule has 0 aliphatic rings. The zero-order chi connectivity index (χ0) is 10.6. The van der Waals surface area contributed by atoms with Crippen LogP contribution in [0.1, 0.15) is 27.7 Å². The van der Waals surface area contributed by atoms with Gasteiger partial charge in [0, 0.05) is 12.6 Å². The first-order valence-electron chi connectivity index (χ1n) is 4.70. The maximum absolute atomic E-state index is 9.56. The minimum absolute atomic E-state index is 0.0557. The zero-order valence-electron chi connectivity index (χ0n) is 9.66. The first-order valence-corrected chi connectivity index (χ1v) is 4.70. The highest BCUT2D eigenvalue weighted by molar-refractivity contribution is 4.83. The lowest BCUT2D eigenvalue weighted by molar-refractivity contribution is -0.0143. The van der Waals surface area contributed by atoms with Crippen molar-refractivity contribution < 1.29 is 9.84 Å². The molecule has 0 radical (unpaired) electrons. The van der Waals surface area contributed by atoms with Gasteiger partial charge in [0.15, 0.2) is 0 Å². The Morgan fingerprint density at radius 2 is 1.85 bits per heavy atom. The molecule has 0 heterocycles. The second-order valence-electron chi connectivity index (χ2n) is 4.55. The van der Waals surface area contributed by atoms with Crippen LogP contribution in [0.2, 0.25) is 0 Å². The molecule has 3 nitrogen and oxygen atoms in total. The average Bonchev–Trinajstić information content (AvgIpc) is 1.96. The quantitative estimate of drug-likeness (QED) is 0.719. The Hall–Kier alpha value is -0.120. The normalized spacial score (nSPS) is 17.5. The van der Waals surface area contributed by atoms with Gasteiger partial charge in [-0.15, -0.1) is 0 Å². The van der Waals surface area contributed by atoms with Crippen LogP contribution >= 0.6 is 0 Å². The number of rotatable bonds is 4. The Labute approximate surface area is 81.7 Å². The summed E-state index contributed by atoms with van der Waals surface area (Å²) in [5.41, 5.74) is 0.0557. The molecule has 1 N–H and O–H groups in total. The highest BCUT2D eigenvalue weighted by Gasteiger charge is 2.28. The molecule has 0 spiro atoms. The van der Waals surface area contributed by atoms with Crippen molar-refractivity contribution in [2.24, 2.45) is 0 Å². The van der Waals surface area contributed by atoms with E-state index in [2.05, 4.69) is 25.7 Å². The van der Waals surface area contributed by atoms with Crippen LogP contribution in [0.5, 0.6) is 0 Å². The summed E-state index contributed by atoms with van der Waals surface area (Å²) in [5.74, 6) is 0. The topological polar surface area (TPSA) is 32.7 Å². The number of hydrogen-bond acceptors (Lipinski definition) is 3. The maximum atomic E-state index is 9.56. The molecular formula is C10H23NO2. The monoisotopic (exact) mass is 189 g/mol. The molecule has 0 saturated heterocycles. The van der Waals surface area contributed by atoms with Crippen LogP contribution < -0.4 is 0 Å². The molecule has 3 heteroatoms. The van der Waals surface area contributed by atoms with E-state index in [0.717, 1.165) is 0 Å². The lowest BCUT2D eigenvalue weighted by atomic mass is 10.0. The average molecular weight is 189 g/mol. The van der Waals surface area contributed by atoms with Crippen molar-refractivity contribution in [2.45, 2.75) is 45.4 Å². The minimum atomic E-state index is -0.371. The molecule has 0 aliphatic carbocycles. The predicted octanol–water partition coefficient (Wildman–Crippen LogP) is 1.11. The Kier molecular flexibility index (Phi) is 4.89. The van der Waals surface area contributed by atoms with Gasteiger partial charge < -0.3 is 9.84 Å². The van der Waals surface area contributed by atoms with Gasteiger partial charge in [-0.1, -0.05) is 0 Å². The third-order valence-electron chi connectivity index (χ3n) is 2.45. The number of methoxy groups -OCH3 is 1. The molecule has 0 aromatic heterocycles. The fourth-order valence-electron chi connectivity index (χ4n) is 1.24. The number of hydrogen-bond donors (Lipinski definition) is 1. The molecule has 2 unspecified atom stereocenters. The van der Waals surface area contributed by atoms with E-state index >= 15 is 0 Å². The van der Waals surface area contributed by atoms with Crippen molar-refractivity contribution in [1.82, 2.24) is 4.90 Å². The molecule has 0 saturated carbocycles. The van der Waals surface area contributed by atoms with E-state index in [0.29, 0.717) is 6.61 Å². The molecular weight excluding hydrogens is 166 g/mol. The lowest BCUT2D eigenvalue weighted by Crippen LogP contribution is -2.51. The number of ether oxygens (including phenoxy) is 1. The molecule has 0 aliphatic heterocycles. The van der Waals surface area contributed by atoms with E-state index in [-0.39, 0.29) is 17.7 Å². The third-order valence-corrected chi connectivity index (χ3v) is 2.45. The van der Waals surface area contributed by atoms with Crippen LogP contribution in [-0.4, -0.2) is 48.5 Å². The van der Waals surface area contributed by atoms with Gasteiger partial charge in [0.2, 0.25) is 0 Å². The van der Waals surface area contributed by atoms with Gasteiger partial charge in [-0.05, 0) is 34.7 Å². The fraction of sp³-hybridized carbons (Fsp3) is 1.00. The molecule has 0 amide bonds. The lowest BCUT2D eigenvalue weighted by Gasteiger charge is -2.39. The summed E-state index contributed by atoms with van der Waals surface area (Å²) in [5, 5.41) is 9.56. The summed E-state index contributed by atoms with van der Waals surface area (Å²) in [6.07, 6.45) is -0.371. The van der Waals surface area contributed by atoms with E-state index in [1.807, 2.05) is 7.05 Å². The van der Waals surface area contributed by atoms with Gasteiger partial charge in [0.1, 0.15) is 0 Å². The van der Waals surface area contributed by atoms with Crippen LogP contribution in [0.4, 0.5) is 0 Å². The predicted molar refractivity (Wildman–Crippen MR) is 54.9 cm³/mol. The van der Waals surface area contributed by atoms with Crippen molar-refractivity contribution in [3.8, 4) is 0 Å². The Bertz CT molecular complexity index is 140. The smallest absolute Gasteiger partial charge is 0.0689 e. The van der Waals surface area contributed by atoms with E-state index in [1.54, 1.807) is 14.0 Å². The van der Waals surface area contributed by atoms with Crippen molar-refractivity contribution in [3.05, 3.63) is 0 Å². The fourth-order valence-corrected chi connectivity index (χ4v) is 1.24. The summed E-state index contributed by atoms with van der Waals surface area (Å²) in [4.78, 5) is 2.14. The van der Waals surface area contributed by atoms with Crippen LogP contribution in [0.25, 0.3) is 0 Å². The summed E-state index contributed by atoms with van der Waals surface area (Å²) in [7, 11) is 3.67. The minimum Gasteiger partial charge on any atom is -0.392 e. The van der Waals surface area contributed by atoms with E-state index < -0.39 is 0 Å². The summed E-state index contributed by atoms with van der Waals surface area (Å²) >= 11 is 0.